The Morgan fingerprint density at radius 2 is 2.35 bits per heavy atom. The molecule has 88 valence electrons. The first-order valence-corrected chi connectivity index (χ1v) is 5.95. The summed E-state index contributed by atoms with van der Waals surface area (Å²) in [6.07, 6.45) is 3.81. The fourth-order valence-corrected chi connectivity index (χ4v) is 2.57. The zero-order valence-corrected chi connectivity index (χ0v) is 9.93. The van der Waals surface area contributed by atoms with Gasteiger partial charge in [-0.3, -0.25) is 0 Å². The van der Waals surface area contributed by atoms with Crippen molar-refractivity contribution >= 4 is 11.6 Å². The number of aliphatic hydroxyl groups excluding tert-OH is 1. The molecule has 1 atom stereocenters. The van der Waals surface area contributed by atoms with Crippen LogP contribution in [0, 0.1) is 0 Å². The first-order valence-electron chi connectivity index (χ1n) is 5.58. The average Bonchev–Trinajstić information content (AvgIpc) is 2.93. The fourth-order valence-electron chi connectivity index (χ4n) is 2.38. The molecule has 1 aliphatic rings. The van der Waals surface area contributed by atoms with Crippen molar-refractivity contribution in [3.05, 3.63) is 46.2 Å². The van der Waals surface area contributed by atoms with Crippen LogP contribution in [-0.4, -0.2) is 20.1 Å². The van der Waals surface area contributed by atoms with Crippen molar-refractivity contribution in [2.75, 3.05) is 0 Å². The summed E-state index contributed by atoms with van der Waals surface area (Å²) in [5, 5.41) is 17.7. The van der Waals surface area contributed by atoms with Crippen LogP contribution in [0.3, 0.4) is 0 Å². The molecule has 0 aliphatic heterocycles. The van der Waals surface area contributed by atoms with Crippen LogP contribution in [0.1, 0.15) is 29.3 Å². The number of aromatic nitrogens is 3. The van der Waals surface area contributed by atoms with Crippen molar-refractivity contribution < 1.29 is 5.11 Å². The zero-order chi connectivity index (χ0) is 11.8. The average molecular weight is 250 g/mol. The number of hydrogen-bond acceptors (Lipinski definition) is 3. The highest BCUT2D eigenvalue weighted by molar-refractivity contribution is 6.30. The van der Waals surface area contributed by atoms with Gasteiger partial charge in [-0.25, -0.2) is 4.68 Å². The second kappa shape index (κ2) is 4.13. The third-order valence-corrected chi connectivity index (χ3v) is 3.43. The Labute approximate surface area is 104 Å². The van der Waals surface area contributed by atoms with E-state index >= 15 is 0 Å². The molecule has 17 heavy (non-hydrogen) atoms. The van der Waals surface area contributed by atoms with Gasteiger partial charge in [-0.05, 0) is 36.1 Å². The van der Waals surface area contributed by atoms with Gasteiger partial charge in [-0.1, -0.05) is 22.9 Å². The molecule has 4 nitrogen and oxygen atoms in total. The molecule has 3 rings (SSSR count). The molecule has 0 spiro atoms. The molecule has 1 N–H and O–H groups in total. The number of aliphatic hydroxyl groups is 1. The van der Waals surface area contributed by atoms with E-state index in [-0.39, 0.29) is 12.6 Å². The monoisotopic (exact) mass is 249 g/mol. The number of hydrogen-bond donors (Lipinski definition) is 1. The summed E-state index contributed by atoms with van der Waals surface area (Å²) < 4.78 is 1.82. The van der Waals surface area contributed by atoms with Gasteiger partial charge >= 0.3 is 0 Å². The molecule has 0 amide bonds. The van der Waals surface area contributed by atoms with Crippen LogP contribution in [0.4, 0.5) is 0 Å². The van der Waals surface area contributed by atoms with Crippen LogP contribution >= 0.6 is 11.6 Å². The van der Waals surface area contributed by atoms with Crippen molar-refractivity contribution in [3.63, 3.8) is 0 Å². The Balaban J connectivity index is 1.97. The summed E-state index contributed by atoms with van der Waals surface area (Å²) in [7, 11) is 0. The molecular weight excluding hydrogens is 238 g/mol. The smallest absolute Gasteiger partial charge is 0.108 e. The lowest BCUT2D eigenvalue weighted by molar-refractivity contribution is 0.276. The summed E-state index contributed by atoms with van der Waals surface area (Å²) in [4.78, 5) is 0. The molecule has 2 aromatic rings. The van der Waals surface area contributed by atoms with E-state index in [1.165, 1.54) is 11.1 Å². The molecule has 1 aromatic heterocycles. The van der Waals surface area contributed by atoms with E-state index in [0.717, 1.165) is 17.9 Å². The highest BCUT2D eigenvalue weighted by Gasteiger charge is 2.24. The van der Waals surface area contributed by atoms with Gasteiger partial charge in [0.1, 0.15) is 5.69 Å². The molecule has 1 heterocycles. The van der Waals surface area contributed by atoms with Gasteiger partial charge in [-0.15, -0.1) is 5.10 Å². The molecule has 0 saturated carbocycles. The van der Waals surface area contributed by atoms with Gasteiger partial charge < -0.3 is 5.11 Å². The molecule has 1 aromatic carbocycles. The predicted octanol–water partition coefficient (Wildman–Crippen LogP) is 1.96. The van der Waals surface area contributed by atoms with Crippen LogP contribution in [0.15, 0.2) is 24.4 Å². The van der Waals surface area contributed by atoms with Gasteiger partial charge in [0.2, 0.25) is 0 Å². The number of nitrogens with zero attached hydrogens (tertiary/aromatic N) is 3. The molecule has 0 bridgehead atoms. The van der Waals surface area contributed by atoms with E-state index in [1.54, 1.807) is 6.20 Å². The second-order valence-corrected chi connectivity index (χ2v) is 4.68. The SMILES string of the molecule is OCc1cn([C@@H]2CCc3cc(Cl)ccc32)nn1. The lowest BCUT2D eigenvalue weighted by Crippen LogP contribution is -2.07. The molecule has 0 radical (unpaired) electrons. The van der Waals surface area contributed by atoms with Crippen LogP contribution < -0.4 is 0 Å². The van der Waals surface area contributed by atoms with Gasteiger partial charge in [-0.2, -0.15) is 0 Å². The van der Waals surface area contributed by atoms with Crippen LogP contribution in [0.5, 0.6) is 0 Å². The molecule has 0 fully saturated rings. The zero-order valence-electron chi connectivity index (χ0n) is 9.17. The Morgan fingerprint density at radius 3 is 3.12 bits per heavy atom. The van der Waals surface area contributed by atoms with Crippen LogP contribution in [0.2, 0.25) is 5.02 Å². The second-order valence-electron chi connectivity index (χ2n) is 4.25. The highest BCUT2D eigenvalue weighted by atomic mass is 35.5. The van der Waals surface area contributed by atoms with E-state index in [1.807, 2.05) is 16.8 Å². The van der Waals surface area contributed by atoms with Crippen molar-refractivity contribution in [1.29, 1.82) is 0 Å². The van der Waals surface area contributed by atoms with Crippen molar-refractivity contribution in [3.8, 4) is 0 Å². The Morgan fingerprint density at radius 1 is 1.47 bits per heavy atom. The first-order chi connectivity index (χ1) is 8.28. The maximum atomic E-state index is 8.99. The minimum atomic E-state index is -0.0693. The lowest BCUT2D eigenvalue weighted by atomic mass is 10.1. The van der Waals surface area contributed by atoms with E-state index < -0.39 is 0 Å². The third kappa shape index (κ3) is 1.83. The first kappa shape index (κ1) is 10.7. The Hall–Kier alpha value is -1.39. The maximum absolute atomic E-state index is 8.99. The summed E-state index contributed by atoms with van der Waals surface area (Å²) in [5.41, 5.74) is 3.14. The standard InChI is InChI=1S/C12H12ClN3O/c13-9-2-3-11-8(5-9)1-4-12(11)16-6-10(7-17)14-15-16/h2-3,5-6,12,17H,1,4,7H2/t12-/m1/s1. The summed E-state index contributed by atoms with van der Waals surface area (Å²) in [5.74, 6) is 0. The number of halogens is 1. The maximum Gasteiger partial charge on any atom is 0.108 e. The minimum absolute atomic E-state index is 0.0693. The van der Waals surface area contributed by atoms with Crippen molar-refractivity contribution in [1.82, 2.24) is 15.0 Å². The van der Waals surface area contributed by atoms with E-state index in [2.05, 4.69) is 16.4 Å². The van der Waals surface area contributed by atoms with Crippen molar-refractivity contribution in [2.45, 2.75) is 25.5 Å². The van der Waals surface area contributed by atoms with Gasteiger partial charge in [0.15, 0.2) is 0 Å². The molecular formula is C12H12ClN3O. The topological polar surface area (TPSA) is 50.9 Å². The number of fused-ring (bicyclic) bond motifs is 1. The normalized spacial score (nSPS) is 18.4. The Bertz CT molecular complexity index is 552. The molecule has 0 unspecified atom stereocenters. The summed E-state index contributed by atoms with van der Waals surface area (Å²) in [6.45, 7) is -0.0693. The van der Waals surface area contributed by atoms with Crippen LogP contribution in [0.25, 0.3) is 0 Å². The third-order valence-electron chi connectivity index (χ3n) is 3.19. The Kier molecular flexibility index (Phi) is 2.61. The highest BCUT2D eigenvalue weighted by Crippen LogP contribution is 2.35. The van der Waals surface area contributed by atoms with Gasteiger partial charge in [0.25, 0.3) is 0 Å². The molecule has 1 aliphatic carbocycles. The lowest BCUT2D eigenvalue weighted by Gasteiger charge is -2.11. The van der Waals surface area contributed by atoms with Crippen LogP contribution in [-0.2, 0) is 13.0 Å². The van der Waals surface area contributed by atoms with Gasteiger partial charge in [0.05, 0.1) is 18.8 Å². The summed E-state index contributed by atoms with van der Waals surface area (Å²) >= 11 is 5.98. The van der Waals surface area contributed by atoms with Gasteiger partial charge in [0, 0.05) is 5.02 Å². The fraction of sp³-hybridized carbons (Fsp3) is 0.333. The number of rotatable bonds is 2. The molecule has 5 heteroatoms. The predicted molar refractivity (Wildman–Crippen MR) is 63.9 cm³/mol. The van der Waals surface area contributed by atoms with E-state index in [9.17, 15) is 0 Å². The van der Waals surface area contributed by atoms with Crippen molar-refractivity contribution in [2.24, 2.45) is 0 Å². The molecule has 0 saturated heterocycles. The largest absolute Gasteiger partial charge is 0.390 e. The van der Waals surface area contributed by atoms with E-state index in [0.29, 0.717) is 5.69 Å². The number of aryl methyl sites for hydroxylation is 1. The quantitative estimate of drug-likeness (QED) is 0.885. The summed E-state index contributed by atoms with van der Waals surface area (Å²) in [6, 6.07) is 6.19. The van der Waals surface area contributed by atoms with E-state index in [4.69, 9.17) is 16.7 Å². The number of benzene rings is 1. The minimum Gasteiger partial charge on any atom is -0.390 e.